The summed E-state index contributed by atoms with van der Waals surface area (Å²) in [6.07, 6.45) is 15.5. The topological polar surface area (TPSA) is 64.7 Å². The molecule has 1 aliphatic heterocycles. The summed E-state index contributed by atoms with van der Waals surface area (Å²) in [5.74, 6) is 5.04. The summed E-state index contributed by atoms with van der Waals surface area (Å²) in [5.41, 5.74) is 0.137. The van der Waals surface area contributed by atoms with Crippen molar-refractivity contribution in [3.63, 3.8) is 0 Å². The molecule has 0 aromatic carbocycles. The van der Waals surface area contributed by atoms with Gasteiger partial charge in [0.2, 0.25) is 0 Å². The van der Waals surface area contributed by atoms with E-state index in [4.69, 9.17) is 0 Å². The zero-order valence-corrected chi connectivity index (χ0v) is 19.5. The SMILES string of the molecule is O=C(NC12CC3CC(CC(C3)C1)C2)N1CCN(C(=O)NC23CC4CC(CC(C4)C2)C3)CC1. The third-order valence-corrected chi connectivity index (χ3v) is 10.7. The fourth-order valence-electron chi connectivity index (χ4n) is 10.3. The highest BCUT2D eigenvalue weighted by Crippen LogP contribution is 2.56. The van der Waals surface area contributed by atoms with Crippen LogP contribution < -0.4 is 10.6 Å². The minimum atomic E-state index is 0.0683. The Bertz CT molecular complexity index is 665. The Hall–Kier alpha value is -1.46. The van der Waals surface area contributed by atoms with Crippen LogP contribution in [0.25, 0.3) is 0 Å². The van der Waals surface area contributed by atoms with Gasteiger partial charge in [-0.2, -0.15) is 0 Å². The van der Waals surface area contributed by atoms with Crippen LogP contribution in [0.4, 0.5) is 9.59 Å². The highest BCUT2D eigenvalue weighted by Gasteiger charge is 2.53. The number of carbonyl (C=O) groups excluding carboxylic acids is 2. The summed E-state index contributed by atoms with van der Waals surface area (Å²) in [4.78, 5) is 30.2. The molecule has 0 spiro atoms. The highest BCUT2D eigenvalue weighted by molar-refractivity contribution is 5.77. The van der Waals surface area contributed by atoms with E-state index in [2.05, 4.69) is 10.6 Å². The van der Waals surface area contributed by atoms with E-state index in [0.717, 1.165) is 35.5 Å². The predicted octanol–water partition coefficient (Wildman–Crippen LogP) is 3.96. The Morgan fingerprint density at radius 3 is 1.00 bits per heavy atom. The molecule has 2 N–H and O–H groups in total. The van der Waals surface area contributed by atoms with Gasteiger partial charge in [0.05, 0.1) is 0 Å². The molecule has 0 aromatic rings. The minimum Gasteiger partial charge on any atom is -0.333 e. The maximum Gasteiger partial charge on any atom is 0.317 e. The molecule has 176 valence electrons. The van der Waals surface area contributed by atoms with Crippen molar-refractivity contribution >= 4 is 12.1 Å². The molecular formula is C26H40N4O2. The van der Waals surface area contributed by atoms with Gasteiger partial charge in [0, 0.05) is 37.3 Å². The maximum atomic E-state index is 13.2. The molecule has 0 radical (unpaired) electrons. The van der Waals surface area contributed by atoms with Crippen LogP contribution in [0, 0.1) is 35.5 Å². The van der Waals surface area contributed by atoms with Gasteiger partial charge in [-0.15, -0.1) is 0 Å². The molecule has 9 fully saturated rings. The largest absolute Gasteiger partial charge is 0.333 e. The quantitative estimate of drug-likeness (QED) is 0.683. The Kier molecular flexibility index (Phi) is 4.38. The average molecular weight is 441 g/mol. The fraction of sp³-hybridized carbons (Fsp3) is 0.923. The molecule has 6 heteroatoms. The van der Waals surface area contributed by atoms with E-state index in [-0.39, 0.29) is 23.1 Å². The van der Waals surface area contributed by atoms with Crippen LogP contribution in [-0.2, 0) is 0 Å². The van der Waals surface area contributed by atoms with Gasteiger partial charge in [-0.25, -0.2) is 9.59 Å². The van der Waals surface area contributed by atoms with Crippen molar-refractivity contribution in [1.29, 1.82) is 0 Å². The molecule has 8 aliphatic carbocycles. The molecule has 4 amide bonds. The number of nitrogens with one attached hydrogen (secondary N) is 2. The highest BCUT2D eigenvalue weighted by atomic mass is 16.2. The van der Waals surface area contributed by atoms with Crippen molar-refractivity contribution in [1.82, 2.24) is 20.4 Å². The Balaban J connectivity index is 0.938. The predicted molar refractivity (Wildman–Crippen MR) is 122 cm³/mol. The number of urea groups is 2. The molecule has 32 heavy (non-hydrogen) atoms. The average Bonchev–Trinajstić information content (AvgIpc) is 2.71. The number of amides is 4. The monoisotopic (exact) mass is 440 g/mol. The van der Waals surface area contributed by atoms with Crippen LogP contribution >= 0.6 is 0 Å². The lowest BCUT2D eigenvalue weighted by Crippen LogP contribution is -2.65. The molecule has 0 unspecified atom stereocenters. The Morgan fingerprint density at radius 2 is 0.750 bits per heavy atom. The van der Waals surface area contributed by atoms with Crippen LogP contribution in [0.3, 0.4) is 0 Å². The van der Waals surface area contributed by atoms with Gasteiger partial charge < -0.3 is 20.4 Å². The second-order valence-electron chi connectivity index (χ2n) is 13.2. The molecule has 8 bridgehead atoms. The first kappa shape index (κ1) is 20.0. The van der Waals surface area contributed by atoms with Crippen molar-refractivity contribution < 1.29 is 9.59 Å². The standard InChI is InChI=1S/C26H40N4O2/c31-23(27-25-11-17-5-18(12-25)7-19(6-17)13-25)29-1-2-30(4-3-29)24(32)28-26-14-20-8-21(15-26)10-22(9-20)16-26/h17-22H,1-16H2,(H,27,31)(H,28,32). The van der Waals surface area contributed by atoms with Crippen molar-refractivity contribution in [3.8, 4) is 0 Å². The van der Waals surface area contributed by atoms with E-state index >= 15 is 0 Å². The summed E-state index contributed by atoms with van der Waals surface area (Å²) >= 11 is 0. The van der Waals surface area contributed by atoms with E-state index in [1.54, 1.807) is 0 Å². The Labute approximate surface area is 192 Å². The molecule has 0 atom stereocenters. The van der Waals surface area contributed by atoms with Crippen molar-refractivity contribution in [2.24, 2.45) is 35.5 Å². The molecule has 9 rings (SSSR count). The molecule has 1 saturated heterocycles. The second kappa shape index (κ2) is 7.02. The molecule has 1 heterocycles. The Morgan fingerprint density at radius 1 is 0.500 bits per heavy atom. The van der Waals surface area contributed by atoms with Gasteiger partial charge in [0.1, 0.15) is 0 Å². The summed E-state index contributed by atoms with van der Waals surface area (Å²) in [5, 5.41) is 7.02. The first-order valence-electron chi connectivity index (χ1n) is 13.6. The number of hydrogen-bond acceptors (Lipinski definition) is 2. The molecule has 9 aliphatic rings. The molecule has 0 aromatic heterocycles. The summed E-state index contributed by atoms with van der Waals surface area (Å²) in [6, 6.07) is 0.237. The van der Waals surface area contributed by atoms with Crippen LogP contribution in [0.1, 0.15) is 77.0 Å². The number of rotatable bonds is 2. The third-order valence-electron chi connectivity index (χ3n) is 10.7. The van der Waals surface area contributed by atoms with Gasteiger partial charge in [0.15, 0.2) is 0 Å². The van der Waals surface area contributed by atoms with Crippen LogP contribution in [0.15, 0.2) is 0 Å². The maximum absolute atomic E-state index is 13.2. The number of nitrogens with zero attached hydrogens (tertiary/aromatic N) is 2. The second-order valence-corrected chi connectivity index (χ2v) is 13.2. The van der Waals surface area contributed by atoms with Gasteiger partial charge >= 0.3 is 12.1 Å². The molecule has 6 nitrogen and oxygen atoms in total. The lowest BCUT2D eigenvalue weighted by atomic mass is 9.53. The van der Waals surface area contributed by atoms with E-state index in [1.807, 2.05) is 9.80 Å². The fourth-order valence-corrected chi connectivity index (χ4v) is 10.3. The van der Waals surface area contributed by atoms with Gasteiger partial charge in [-0.3, -0.25) is 0 Å². The normalized spacial score (nSPS) is 48.2. The summed E-state index contributed by atoms with van der Waals surface area (Å²) in [6.45, 7) is 2.64. The van der Waals surface area contributed by atoms with E-state index in [1.165, 1.54) is 77.0 Å². The van der Waals surface area contributed by atoms with E-state index in [0.29, 0.717) is 26.2 Å². The number of carbonyl (C=O) groups is 2. The minimum absolute atomic E-state index is 0.0683. The number of piperazine rings is 1. The van der Waals surface area contributed by atoms with Crippen molar-refractivity contribution in [2.45, 2.75) is 88.1 Å². The zero-order chi connectivity index (χ0) is 21.5. The molecular weight excluding hydrogens is 400 g/mol. The summed E-state index contributed by atoms with van der Waals surface area (Å²) < 4.78 is 0. The zero-order valence-electron chi connectivity index (χ0n) is 19.5. The van der Waals surface area contributed by atoms with Crippen molar-refractivity contribution in [3.05, 3.63) is 0 Å². The first-order chi connectivity index (χ1) is 15.4. The third kappa shape index (κ3) is 3.34. The lowest BCUT2D eigenvalue weighted by Gasteiger charge is -2.57. The first-order valence-corrected chi connectivity index (χ1v) is 13.6. The van der Waals surface area contributed by atoms with Crippen molar-refractivity contribution in [2.75, 3.05) is 26.2 Å². The van der Waals surface area contributed by atoms with Gasteiger partial charge in [0.25, 0.3) is 0 Å². The van der Waals surface area contributed by atoms with Crippen LogP contribution in [0.2, 0.25) is 0 Å². The molecule has 8 saturated carbocycles. The summed E-state index contributed by atoms with van der Waals surface area (Å²) in [7, 11) is 0. The van der Waals surface area contributed by atoms with E-state index in [9.17, 15) is 9.59 Å². The van der Waals surface area contributed by atoms with Crippen LogP contribution in [-0.4, -0.2) is 59.1 Å². The number of hydrogen-bond donors (Lipinski definition) is 2. The van der Waals surface area contributed by atoms with Gasteiger partial charge in [-0.1, -0.05) is 0 Å². The smallest absolute Gasteiger partial charge is 0.317 e. The lowest BCUT2D eigenvalue weighted by molar-refractivity contribution is -0.0184. The van der Waals surface area contributed by atoms with Gasteiger partial charge in [-0.05, 0) is 113 Å². The van der Waals surface area contributed by atoms with E-state index < -0.39 is 0 Å². The van der Waals surface area contributed by atoms with Crippen LogP contribution in [0.5, 0.6) is 0 Å².